The molecule has 2 fully saturated rings. The molecule has 2 bridgehead atoms. The van der Waals surface area contributed by atoms with Gasteiger partial charge in [0.15, 0.2) is 0 Å². The molecule has 1 amide bonds. The largest absolute Gasteiger partial charge is 0.353 e. The van der Waals surface area contributed by atoms with Crippen LogP contribution >= 0.6 is 15.9 Å². The molecule has 2 nitrogen and oxygen atoms in total. The van der Waals surface area contributed by atoms with Gasteiger partial charge in [-0.3, -0.25) is 4.79 Å². The van der Waals surface area contributed by atoms with Crippen LogP contribution in [0.15, 0.2) is 0 Å². The van der Waals surface area contributed by atoms with Crippen molar-refractivity contribution in [1.29, 1.82) is 0 Å². The zero-order valence-corrected chi connectivity index (χ0v) is 10.3. The first-order valence-corrected chi connectivity index (χ1v) is 6.61. The number of nitrogens with one attached hydrogen (secondary N) is 1. The average Bonchev–Trinajstić information content (AvgIpc) is 2.60. The molecule has 0 aromatic heterocycles. The second-order valence-corrected chi connectivity index (χ2v) is 5.85. The Kier molecular flexibility index (Phi) is 2.87. The molecule has 2 rings (SSSR count). The van der Waals surface area contributed by atoms with Crippen molar-refractivity contribution in [3.63, 3.8) is 0 Å². The summed E-state index contributed by atoms with van der Waals surface area (Å²) < 4.78 is 0. The van der Waals surface area contributed by atoms with Crippen molar-refractivity contribution in [3.8, 4) is 0 Å². The molecule has 0 aromatic carbocycles. The minimum absolute atomic E-state index is 0.209. The molecule has 2 aliphatic carbocycles. The molecule has 0 aliphatic heterocycles. The molecule has 1 N–H and O–H groups in total. The van der Waals surface area contributed by atoms with Gasteiger partial charge in [-0.05, 0) is 37.0 Å². The van der Waals surface area contributed by atoms with Crippen LogP contribution in [0, 0.1) is 11.3 Å². The molecule has 0 aromatic rings. The summed E-state index contributed by atoms with van der Waals surface area (Å²) in [6.45, 7) is 2.33. The molecular formula is C11H18BrNO. The normalized spacial score (nSPS) is 40.1. The summed E-state index contributed by atoms with van der Waals surface area (Å²) in [6, 6.07) is 0.452. The van der Waals surface area contributed by atoms with Gasteiger partial charge in [0.2, 0.25) is 5.91 Å². The van der Waals surface area contributed by atoms with E-state index in [0.29, 0.717) is 17.9 Å². The van der Waals surface area contributed by atoms with Crippen LogP contribution in [0.5, 0.6) is 0 Å². The third-order valence-electron chi connectivity index (χ3n) is 3.95. The average molecular weight is 260 g/mol. The van der Waals surface area contributed by atoms with Crippen molar-refractivity contribution < 1.29 is 4.79 Å². The van der Waals surface area contributed by atoms with E-state index in [9.17, 15) is 4.79 Å². The SMILES string of the molecule is CC12CCC(CC1NC(=O)CCBr)C2. The van der Waals surface area contributed by atoms with Crippen molar-refractivity contribution in [2.45, 2.75) is 45.1 Å². The van der Waals surface area contributed by atoms with E-state index in [2.05, 4.69) is 28.2 Å². The highest BCUT2D eigenvalue weighted by Gasteiger charge is 2.49. The van der Waals surface area contributed by atoms with Crippen LogP contribution in [0.25, 0.3) is 0 Å². The number of halogens is 1. The lowest BCUT2D eigenvalue weighted by atomic mass is 9.82. The molecule has 0 heterocycles. The first-order valence-electron chi connectivity index (χ1n) is 5.49. The van der Waals surface area contributed by atoms with E-state index in [-0.39, 0.29) is 5.91 Å². The molecule has 3 heteroatoms. The quantitative estimate of drug-likeness (QED) is 0.776. The lowest BCUT2D eigenvalue weighted by Crippen LogP contribution is -2.43. The molecule has 80 valence electrons. The summed E-state index contributed by atoms with van der Waals surface area (Å²) in [5, 5.41) is 3.95. The third-order valence-corrected chi connectivity index (χ3v) is 4.34. The van der Waals surface area contributed by atoms with Crippen LogP contribution in [0.2, 0.25) is 0 Å². The van der Waals surface area contributed by atoms with E-state index in [1.807, 2.05) is 0 Å². The molecule has 0 spiro atoms. The predicted octanol–water partition coefficient (Wildman–Crippen LogP) is 2.47. The maximum atomic E-state index is 11.5. The van der Waals surface area contributed by atoms with Gasteiger partial charge in [-0.2, -0.15) is 0 Å². The Balaban J connectivity index is 1.91. The Labute approximate surface area is 94.0 Å². The van der Waals surface area contributed by atoms with Gasteiger partial charge in [0.05, 0.1) is 0 Å². The van der Waals surface area contributed by atoms with E-state index in [1.165, 1.54) is 25.7 Å². The van der Waals surface area contributed by atoms with Crippen LogP contribution in [0.4, 0.5) is 0 Å². The highest BCUT2D eigenvalue weighted by molar-refractivity contribution is 9.09. The van der Waals surface area contributed by atoms with Gasteiger partial charge in [0.25, 0.3) is 0 Å². The summed E-state index contributed by atoms with van der Waals surface area (Å²) in [6.07, 6.45) is 5.83. The fraction of sp³-hybridized carbons (Fsp3) is 0.909. The van der Waals surface area contributed by atoms with E-state index >= 15 is 0 Å². The lowest BCUT2D eigenvalue weighted by Gasteiger charge is -2.32. The van der Waals surface area contributed by atoms with Crippen LogP contribution < -0.4 is 5.32 Å². The third kappa shape index (κ3) is 1.83. The number of carbonyl (C=O) groups excluding carboxylic acids is 1. The molecule has 0 radical (unpaired) electrons. The topological polar surface area (TPSA) is 29.1 Å². The van der Waals surface area contributed by atoms with E-state index in [1.54, 1.807) is 0 Å². The maximum absolute atomic E-state index is 11.5. The highest BCUT2D eigenvalue weighted by Crippen LogP contribution is 2.53. The van der Waals surface area contributed by atoms with Crippen molar-refractivity contribution in [2.24, 2.45) is 11.3 Å². The lowest BCUT2D eigenvalue weighted by molar-refractivity contribution is -0.122. The number of hydrogen-bond donors (Lipinski definition) is 1. The van der Waals surface area contributed by atoms with E-state index < -0.39 is 0 Å². The van der Waals surface area contributed by atoms with Crippen LogP contribution in [-0.4, -0.2) is 17.3 Å². The zero-order valence-electron chi connectivity index (χ0n) is 8.68. The fourth-order valence-electron chi connectivity index (χ4n) is 3.12. The monoisotopic (exact) mass is 259 g/mol. The van der Waals surface area contributed by atoms with Crippen LogP contribution in [0.1, 0.15) is 39.0 Å². The first kappa shape index (κ1) is 10.5. The van der Waals surface area contributed by atoms with Gasteiger partial charge in [-0.25, -0.2) is 0 Å². The summed E-state index contributed by atoms with van der Waals surface area (Å²) in [4.78, 5) is 11.5. The Bertz CT molecular complexity index is 243. The number of hydrogen-bond acceptors (Lipinski definition) is 1. The summed E-state index contributed by atoms with van der Waals surface area (Å²) in [7, 11) is 0. The Morgan fingerprint density at radius 2 is 2.43 bits per heavy atom. The van der Waals surface area contributed by atoms with Gasteiger partial charge in [-0.1, -0.05) is 22.9 Å². The zero-order chi connectivity index (χ0) is 10.2. The van der Waals surface area contributed by atoms with Gasteiger partial charge in [0, 0.05) is 17.8 Å². The minimum atomic E-state index is 0.209. The molecule has 2 aliphatic rings. The van der Waals surface area contributed by atoms with Gasteiger partial charge in [0.1, 0.15) is 0 Å². The van der Waals surface area contributed by atoms with Crippen molar-refractivity contribution in [3.05, 3.63) is 0 Å². The van der Waals surface area contributed by atoms with Crippen molar-refractivity contribution >= 4 is 21.8 Å². The number of alkyl halides is 1. The molecule has 3 unspecified atom stereocenters. The summed E-state index contributed by atoms with van der Waals surface area (Å²) in [5.74, 6) is 1.09. The number of rotatable bonds is 3. The second-order valence-electron chi connectivity index (χ2n) is 5.06. The number of fused-ring (bicyclic) bond motifs is 2. The maximum Gasteiger partial charge on any atom is 0.221 e. The van der Waals surface area contributed by atoms with Gasteiger partial charge in [-0.15, -0.1) is 0 Å². The standard InChI is InChI=1S/C11H18BrNO/c1-11-4-2-8(7-11)6-9(11)13-10(14)3-5-12/h8-9H,2-7H2,1H3,(H,13,14). The van der Waals surface area contributed by atoms with Gasteiger partial charge >= 0.3 is 0 Å². The predicted molar refractivity (Wildman–Crippen MR) is 60.4 cm³/mol. The van der Waals surface area contributed by atoms with Crippen LogP contribution in [0.3, 0.4) is 0 Å². The van der Waals surface area contributed by atoms with Crippen LogP contribution in [-0.2, 0) is 4.79 Å². The molecule has 14 heavy (non-hydrogen) atoms. The number of carbonyl (C=O) groups is 1. The molecule has 0 saturated heterocycles. The Morgan fingerprint density at radius 3 is 2.93 bits per heavy atom. The van der Waals surface area contributed by atoms with E-state index in [4.69, 9.17) is 0 Å². The van der Waals surface area contributed by atoms with Crippen molar-refractivity contribution in [1.82, 2.24) is 5.32 Å². The smallest absolute Gasteiger partial charge is 0.221 e. The molecule has 3 atom stereocenters. The fourth-order valence-corrected chi connectivity index (χ4v) is 3.48. The summed E-state index contributed by atoms with van der Waals surface area (Å²) in [5.41, 5.74) is 0.409. The highest BCUT2D eigenvalue weighted by atomic mass is 79.9. The molecular weight excluding hydrogens is 242 g/mol. The summed E-state index contributed by atoms with van der Waals surface area (Å²) >= 11 is 3.29. The second kappa shape index (κ2) is 3.84. The van der Waals surface area contributed by atoms with E-state index in [0.717, 1.165) is 11.2 Å². The minimum Gasteiger partial charge on any atom is -0.353 e. The number of amides is 1. The first-order chi connectivity index (χ1) is 6.64. The molecule has 2 saturated carbocycles. The van der Waals surface area contributed by atoms with Gasteiger partial charge < -0.3 is 5.32 Å². The Morgan fingerprint density at radius 1 is 1.64 bits per heavy atom. The van der Waals surface area contributed by atoms with Crippen molar-refractivity contribution in [2.75, 3.05) is 5.33 Å². The Hall–Kier alpha value is -0.0500.